The molecule has 6 heteroatoms. The van der Waals surface area contributed by atoms with Gasteiger partial charge in [-0.2, -0.15) is 0 Å². The van der Waals surface area contributed by atoms with Crippen molar-refractivity contribution in [3.8, 4) is 11.1 Å². The molecule has 0 N–H and O–H groups in total. The van der Waals surface area contributed by atoms with Crippen LogP contribution in [0.3, 0.4) is 0 Å². The number of rotatable bonds is 5. The average molecular weight is 432 g/mol. The van der Waals surface area contributed by atoms with Gasteiger partial charge in [-0.15, -0.1) is 0 Å². The molecule has 0 saturated carbocycles. The van der Waals surface area contributed by atoms with Crippen LogP contribution in [0, 0.1) is 11.2 Å². The van der Waals surface area contributed by atoms with Crippen molar-refractivity contribution in [1.82, 2.24) is 14.8 Å². The van der Waals surface area contributed by atoms with E-state index in [1.54, 1.807) is 60.4 Å². The molecule has 1 fully saturated rings. The predicted molar refractivity (Wildman–Crippen MR) is 121 cm³/mol. The fraction of sp³-hybridized carbons (Fsp3) is 0.269. The summed E-state index contributed by atoms with van der Waals surface area (Å²) in [7, 11) is 3.50. The Hall–Kier alpha value is -3.54. The molecule has 1 aromatic heterocycles. The summed E-state index contributed by atoms with van der Waals surface area (Å²) in [6.07, 6.45) is 2.71. The van der Waals surface area contributed by atoms with Crippen LogP contribution < -0.4 is 0 Å². The highest BCUT2D eigenvalue weighted by Crippen LogP contribution is 2.37. The summed E-state index contributed by atoms with van der Waals surface area (Å²) in [5.41, 5.74) is 2.58. The molecule has 4 rings (SSSR count). The molecule has 0 bridgehead atoms. The monoisotopic (exact) mass is 431 g/mol. The fourth-order valence-electron chi connectivity index (χ4n) is 4.46. The SMILES string of the molecule is CN(C)C(=O)[C@]1(Cc2cccc(-c3ccc(F)cc3)c2)CCN(C(=O)c2ccccn2)C1. The number of halogens is 1. The van der Waals surface area contributed by atoms with Gasteiger partial charge in [0.2, 0.25) is 5.91 Å². The van der Waals surface area contributed by atoms with Gasteiger partial charge in [-0.3, -0.25) is 14.6 Å². The molecule has 0 spiro atoms. The molecule has 1 saturated heterocycles. The van der Waals surface area contributed by atoms with Crippen molar-refractivity contribution in [3.05, 3.63) is 90.0 Å². The first kappa shape index (κ1) is 21.7. The van der Waals surface area contributed by atoms with Crippen LogP contribution in [-0.2, 0) is 11.2 Å². The van der Waals surface area contributed by atoms with Crippen LogP contribution in [0.5, 0.6) is 0 Å². The highest BCUT2D eigenvalue weighted by atomic mass is 19.1. The van der Waals surface area contributed by atoms with Gasteiger partial charge in [0.15, 0.2) is 0 Å². The minimum absolute atomic E-state index is 0.0148. The summed E-state index contributed by atoms with van der Waals surface area (Å²) in [6.45, 7) is 0.854. The molecule has 0 unspecified atom stereocenters. The topological polar surface area (TPSA) is 53.5 Å². The lowest BCUT2D eigenvalue weighted by Crippen LogP contribution is -2.44. The third-order valence-electron chi connectivity index (χ3n) is 6.03. The summed E-state index contributed by atoms with van der Waals surface area (Å²) in [5, 5.41) is 0. The third-order valence-corrected chi connectivity index (χ3v) is 6.03. The molecular weight excluding hydrogens is 405 g/mol. The molecule has 164 valence electrons. The first-order valence-electron chi connectivity index (χ1n) is 10.6. The maximum absolute atomic E-state index is 13.3. The number of aromatic nitrogens is 1. The standard InChI is InChI=1S/C26H26FN3O2/c1-29(2)25(32)26(13-15-30(18-26)24(31)23-8-3-4-14-28-23)17-19-6-5-7-21(16-19)20-9-11-22(27)12-10-20/h3-12,14,16H,13,15,17-18H2,1-2H3/t26-/m0/s1. The van der Waals surface area contributed by atoms with Gasteiger partial charge in [0.1, 0.15) is 11.5 Å². The Morgan fingerprint density at radius 3 is 2.50 bits per heavy atom. The first-order chi connectivity index (χ1) is 15.4. The number of likely N-dealkylation sites (tertiary alicyclic amines) is 1. The molecule has 5 nitrogen and oxygen atoms in total. The van der Waals surface area contributed by atoms with Crippen LogP contribution in [0.2, 0.25) is 0 Å². The number of hydrogen-bond donors (Lipinski definition) is 0. The van der Waals surface area contributed by atoms with Crippen molar-refractivity contribution in [2.45, 2.75) is 12.8 Å². The van der Waals surface area contributed by atoms with Crippen LogP contribution in [0.4, 0.5) is 4.39 Å². The van der Waals surface area contributed by atoms with Crippen molar-refractivity contribution < 1.29 is 14.0 Å². The summed E-state index contributed by atoms with van der Waals surface area (Å²) in [4.78, 5) is 33.8. The van der Waals surface area contributed by atoms with E-state index in [1.165, 1.54) is 12.1 Å². The van der Waals surface area contributed by atoms with Gasteiger partial charge in [0, 0.05) is 33.4 Å². The second-order valence-corrected chi connectivity index (χ2v) is 8.56. The van der Waals surface area contributed by atoms with Crippen molar-refractivity contribution >= 4 is 11.8 Å². The molecule has 1 atom stereocenters. The molecule has 2 aromatic carbocycles. The van der Waals surface area contributed by atoms with Gasteiger partial charge < -0.3 is 9.80 Å². The second-order valence-electron chi connectivity index (χ2n) is 8.56. The van der Waals surface area contributed by atoms with E-state index >= 15 is 0 Å². The molecule has 3 aromatic rings. The Morgan fingerprint density at radius 2 is 1.81 bits per heavy atom. The molecule has 2 amide bonds. The van der Waals surface area contributed by atoms with E-state index in [2.05, 4.69) is 4.98 Å². The van der Waals surface area contributed by atoms with Gasteiger partial charge >= 0.3 is 0 Å². The molecule has 0 aliphatic carbocycles. The van der Waals surface area contributed by atoms with Gasteiger partial charge in [-0.05, 0) is 53.8 Å². The van der Waals surface area contributed by atoms with Crippen LogP contribution >= 0.6 is 0 Å². The van der Waals surface area contributed by atoms with Crippen LogP contribution in [0.25, 0.3) is 11.1 Å². The van der Waals surface area contributed by atoms with E-state index in [9.17, 15) is 14.0 Å². The van der Waals surface area contributed by atoms with Crippen LogP contribution in [-0.4, -0.2) is 53.8 Å². The average Bonchev–Trinajstić information content (AvgIpc) is 3.24. The minimum atomic E-state index is -0.699. The Balaban J connectivity index is 1.61. The van der Waals surface area contributed by atoms with E-state index in [-0.39, 0.29) is 17.6 Å². The van der Waals surface area contributed by atoms with E-state index in [0.717, 1.165) is 16.7 Å². The highest BCUT2D eigenvalue weighted by molar-refractivity contribution is 5.93. The van der Waals surface area contributed by atoms with Crippen molar-refractivity contribution in [1.29, 1.82) is 0 Å². The fourth-order valence-corrected chi connectivity index (χ4v) is 4.46. The number of nitrogens with zero attached hydrogens (tertiary/aromatic N) is 3. The Kier molecular flexibility index (Phi) is 6.04. The van der Waals surface area contributed by atoms with E-state index in [0.29, 0.717) is 31.6 Å². The maximum Gasteiger partial charge on any atom is 0.272 e. The molecule has 1 aliphatic heterocycles. The minimum Gasteiger partial charge on any atom is -0.348 e. The lowest BCUT2D eigenvalue weighted by Gasteiger charge is -2.31. The zero-order valence-corrected chi connectivity index (χ0v) is 18.3. The number of pyridine rings is 1. The largest absolute Gasteiger partial charge is 0.348 e. The maximum atomic E-state index is 13.3. The highest BCUT2D eigenvalue weighted by Gasteiger charge is 2.47. The van der Waals surface area contributed by atoms with Gasteiger partial charge in [-0.25, -0.2) is 4.39 Å². The first-order valence-corrected chi connectivity index (χ1v) is 10.6. The van der Waals surface area contributed by atoms with Gasteiger partial charge in [0.25, 0.3) is 5.91 Å². The summed E-state index contributed by atoms with van der Waals surface area (Å²) < 4.78 is 13.3. The Morgan fingerprint density at radius 1 is 1.03 bits per heavy atom. The Bertz CT molecular complexity index is 1120. The quantitative estimate of drug-likeness (QED) is 0.612. The Labute approximate surface area is 187 Å². The predicted octanol–water partition coefficient (Wildman–Crippen LogP) is 4.05. The van der Waals surface area contributed by atoms with Crippen molar-refractivity contribution in [3.63, 3.8) is 0 Å². The zero-order chi connectivity index (χ0) is 22.7. The summed E-state index contributed by atoms with van der Waals surface area (Å²) in [6, 6.07) is 19.6. The molecular formula is C26H26FN3O2. The smallest absolute Gasteiger partial charge is 0.272 e. The lowest BCUT2D eigenvalue weighted by atomic mass is 9.79. The van der Waals surface area contributed by atoms with Crippen molar-refractivity contribution in [2.75, 3.05) is 27.2 Å². The molecule has 0 radical (unpaired) electrons. The van der Waals surface area contributed by atoms with Crippen LogP contribution in [0.1, 0.15) is 22.5 Å². The lowest BCUT2D eigenvalue weighted by molar-refractivity contribution is -0.138. The molecule has 32 heavy (non-hydrogen) atoms. The second kappa shape index (κ2) is 8.91. The number of carbonyl (C=O) groups is 2. The summed E-state index contributed by atoms with van der Waals surface area (Å²) in [5.74, 6) is -0.413. The van der Waals surface area contributed by atoms with Gasteiger partial charge in [-0.1, -0.05) is 42.5 Å². The normalized spacial score (nSPS) is 17.9. The number of benzene rings is 2. The molecule has 1 aliphatic rings. The van der Waals surface area contributed by atoms with E-state index in [4.69, 9.17) is 0 Å². The van der Waals surface area contributed by atoms with E-state index in [1.807, 2.05) is 24.3 Å². The summed E-state index contributed by atoms with van der Waals surface area (Å²) >= 11 is 0. The zero-order valence-electron chi connectivity index (χ0n) is 18.3. The van der Waals surface area contributed by atoms with E-state index < -0.39 is 5.41 Å². The van der Waals surface area contributed by atoms with Crippen molar-refractivity contribution in [2.24, 2.45) is 5.41 Å². The molecule has 2 heterocycles. The third kappa shape index (κ3) is 4.40. The van der Waals surface area contributed by atoms with Crippen LogP contribution in [0.15, 0.2) is 72.9 Å². The number of hydrogen-bond acceptors (Lipinski definition) is 3. The van der Waals surface area contributed by atoms with Gasteiger partial charge in [0.05, 0.1) is 5.41 Å². The number of carbonyl (C=O) groups excluding carboxylic acids is 2. The number of amides is 2.